The molecule has 8 nitrogen and oxygen atoms in total. The molecule has 0 radical (unpaired) electrons. The minimum atomic E-state index is -0.756. The Morgan fingerprint density at radius 1 is 1.00 bits per heavy atom. The lowest BCUT2D eigenvalue weighted by Gasteiger charge is -2.28. The summed E-state index contributed by atoms with van der Waals surface area (Å²) in [5.41, 5.74) is 0.889. The fourth-order valence-electron chi connectivity index (χ4n) is 5.49. The Bertz CT molecular complexity index is 1190. The van der Waals surface area contributed by atoms with Gasteiger partial charge in [0, 0.05) is 11.8 Å². The molecule has 2 aromatic rings. The molecule has 35 heavy (non-hydrogen) atoms. The standard InChI is InChI=1S/C25H22Cl2N2O6/c1-34-15-7-3-5-13(9-15)28-18(30)11-35-25(33)12-4-2-6-14(8-12)29-23(31)19-16-10-17(20(19)24(29)32)22(27)21(16)26/h2-9,16-17,19-22H,10-11H2,1H3,(H,28,30)/t16-,17-,19-,20-,21-,22+/m1/s1. The molecule has 2 saturated carbocycles. The number of anilines is 2. The zero-order chi connectivity index (χ0) is 24.9. The van der Waals surface area contributed by atoms with Gasteiger partial charge in [-0.3, -0.25) is 19.3 Å². The lowest BCUT2D eigenvalue weighted by atomic mass is 9.80. The molecular formula is C25H22Cl2N2O6. The lowest BCUT2D eigenvalue weighted by molar-refractivity contribution is -0.123. The van der Waals surface area contributed by atoms with Crippen LogP contribution in [-0.2, 0) is 19.1 Å². The number of nitrogens with one attached hydrogen (secondary N) is 1. The highest BCUT2D eigenvalue weighted by molar-refractivity contribution is 6.32. The second-order valence-corrected chi connectivity index (χ2v) is 9.93. The van der Waals surface area contributed by atoms with Gasteiger partial charge in [-0.05, 0) is 48.6 Å². The molecule has 1 saturated heterocycles. The number of hydrogen-bond donors (Lipinski definition) is 1. The molecule has 5 rings (SSSR count). The van der Waals surface area contributed by atoms with Crippen molar-refractivity contribution in [1.29, 1.82) is 0 Å². The van der Waals surface area contributed by atoms with Crippen LogP contribution in [0, 0.1) is 23.7 Å². The quantitative estimate of drug-likeness (QED) is 0.358. The smallest absolute Gasteiger partial charge is 0.338 e. The number of halogens is 2. The van der Waals surface area contributed by atoms with Crippen molar-refractivity contribution in [3.05, 3.63) is 54.1 Å². The summed E-state index contributed by atoms with van der Waals surface area (Å²) < 4.78 is 10.2. The van der Waals surface area contributed by atoms with Gasteiger partial charge in [0.2, 0.25) is 11.8 Å². The molecule has 0 spiro atoms. The van der Waals surface area contributed by atoms with Gasteiger partial charge in [0.15, 0.2) is 6.61 Å². The van der Waals surface area contributed by atoms with Crippen molar-refractivity contribution < 1.29 is 28.7 Å². The number of alkyl halides is 2. The zero-order valence-corrected chi connectivity index (χ0v) is 20.2. The number of carbonyl (C=O) groups excluding carboxylic acids is 4. The van der Waals surface area contributed by atoms with Crippen LogP contribution in [0.1, 0.15) is 16.8 Å². The van der Waals surface area contributed by atoms with Crippen molar-refractivity contribution in [2.24, 2.45) is 23.7 Å². The average Bonchev–Trinajstić information content (AvgIpc) is 3.47. The number of nitrogens with zero attached hydrogens (tertiary/aromatic N) is 1. The Balaban J connectivity index is 1.25. The second-order valence-electron chi connectivity index (χ2n) is 8.92. The minimum Gasteiger partial charge on any atom is -0.497 e. The number of methoxy groups -OCH3 is 1. The Kier molecular flexibility index (Phi) is 6.19. The van der Waals surface area contributed by atoms with Crippen LogP contribution < -0.4 is 15.0 Å². The molecule has 1 N–H and O–H groups in total. The van der Waals surface area contributed by atoms with Crippen LogP contribution in [-0.4, -0.2) is 48.2 Å². The Hall–Kier alpha value is -3.10. The molecule has 2 bridgehead atoms. The van der Waals surface area contributed by atoms with E-state index in [1.54, 1.807) is 36.4 Å². The van der Waals surface area contributed by atoms with E-state index in [4.69, 9.17) is 32.7 Å². The van der Waals surface area contributed by atoms with Crippen LogP contribution in [0.25, 0.3) is 0 Å². The van der Waals surface area contributed by atoms with Gasteiger partial charge in [0.25, 0.3) is 5.91 Å². The molecule has 6 atom stereocenters. The number of amides is 3. The highest BCUT2D eigenvalue weighted by atomic mass is 35.5. The van der Waals surface area contributed by atoms with E-state index in [0.29, 0.717) is 17.9 Å². The molecule has 0 aromatic heterocycles. The number of rotatable bonds is 6. The molecule has 10 heteroatoms. The zero-order valence-electron chi connectivity index (χ0n) is 18.6. The molecule has 3 aliphatic rings. The molecular weight excluding hydrogens is 495 g/mol. The molecule has 3 amide bonds. The maximum atomic E-state index is 13.2. The molecule has 0 unspecified atom stereocenters. The topological polar surface area (TPSA) is 102 Å². The van der Waals surface area contributed by atoms with Crippen LogP contribution in [0.5, 0.6) is 5.75 Å². The number of fused-ring (bicyclic) bond motifs is 5. The van der Waals surface area contributed by atoms with Crippen LogP contribution in [0.15, 0.2) is 48.5 Å². The van der Waals surface area contributed by atoms with E-state index in [0.717, 1.165) is 4.90 Å². The summed E-state index contributed by atoms with van der Waals surface area (Å²) in [6.45, 7) is -0.510. The molecule has 3 fully saturated rings. The minimum absolute atomic E-state index is 0.114. The summed E-state index contributed by atoms with van der Waals surface area (Å²) in [5.74, 6) is -2.57. The highest BCUT2D eigenvalue weighted by Gasteiger charge is 2.66. The number of benzene rings is 2. The molecule has 2 aliphatic carbocycles. The Morgan fingerprint density at radius 2 is 1.66 bits per heavy atom. The van der Waals surface area contributed by atoms with E-state index in [2.05, 4.69) is 5.32 Å². The monoisotopic (exact) mass is 516 g/mol. The van der Waals surface area contributed by atoms with E-state index < -0.39 is 30.3 Å². The Morgan fingerprint density at radius 3 is 2.31 bits per heavy atom. The molecule has 182 valence electrons. The van der Waals surface area contributed by atoms with Crippen LogP contribution in [0.3, 0.4) is 0 Å². The van der Waals surface area contributed by atoms with Gasteiger partial charge in [-0.2, -0.15) is 0 Å². The number of ether oxygens (including phenoxy) is 2. The summed E-state index contributed by atoms with van der Waals surface area (Å²) in [5, 5.41) is 1.93. The van der Waals surface area contributed by atoms with Gasteiger partial charge in [-0.15, -0.1) is 23.2 Å². The summed E-state index contributed by atoms with van der Waals surface area (Å²) in [6.07, 6.45) is 0.674. The number of imide groups is 1. The third-order valence-corrected chi connectivity index (χ3v) is 8.33. The highest BCUT2D eigenvalue weighted by Crippen LogP contribution is 2.59. The van der Waals surface area contributed by atoms with Gasteiger partial charge in [0.1, 0.15) is 5.75 Å². The van der Waals surface area contributed by atoms with E-state index in [1.165, 1.54) is 19.2 Å². The predicted molar refractivity (Wildman–Crippen MR) is 129 cm³/mol. The van der Waals surface area contributed by atoms with E-state index in [9.17, 15) is 19.2 Å². The maximum absolute atomic E-state index is 13.2. The van der Waals surface area contributed by atoms with Crippen LogP contribution in [0.4, 0.5) is 11.4 Å². The van der Waals surface area contributed by atoms with E-state index in [-0.39, 0.29) is 45.7 Å². The first-order valence-electron chi connectivity index (χ1n) is 11.2. The predicted octanol–water partition coefficient (Wildman–Crippen LogP) is 3.46. The van der Waals surface area contributed by atoms with Crippen LogP contribution >= 0.6 is 23.2 Å². The average molecular weight is 517 g/mol. The first-order valence-corrected chi connectivity index (χ1v) is 12.0. The lowest BCUT2D eigenvalue weighted by Crippen LogP contribution is -2.37. The van der Waals surface area contributed by atoms with E-state index in [1.807, 2.05) is 0 Å². The van der Waals surface area contributed by atoms with Gasteiger partial charge < -0.3 is 14.8 Å². The maximum Gasteiger partial charge on any atom is 0.338 e. The third kappa shape index (κ3) is 4.04. The SMILES string of the molecule is COc1cccc(NC(=O)COC(=O)c2cccc(N3C(=O)[C@@H]4[C@H]5C[C@@H]([C@@H](Cl)[C@H]5Cl)[C@H]4C3=O)c2)c1. The van der Waals surface area contributed by atoms with Crippen LogP contribution in [0.2, 0.25) is 0 Å². The first kappa shape index (κ1) is 23.6. The fraction of sp³-hybridized carbons (Fsp3) is 0.360. The molecule has 1 aliphatic heterocycles. The Labute approximate surface area is 211 Å². The van der Waals surface area contributed by atoms with Crippen molar-refractivity contribution >= 4 is 58.3 Å². The van der Waals surface area contributed by atoms with Gasteiger partial charge >= 0.3 is 5.97 Å². The number of carbonyl (C=O) groups is 4. The summed E-state index contributed by atoms with van der Waals surface area (Å²) in [6, 6.07) is 12.8. The van der Waals surface area contributed by atoms with Crippen molar-refractivity contribution in [3.8, 4) is 5.75 Å². The third-order valence-electron chi connectivity index (χ3n) is 7.02. The van der Waals surface area contributed by atoms with E-state index >= 15 is 0 Å². The first-order chi connectivity index (χ1) is 16.8. The van der Waals surface area contributed by atoms with Gasteiger partial charge in [0.05, 0.1) is 41.0 Å². The number of hydrogen-bond acceptors (Lipinski definition) is 6. The molecule has 2 aromatic carbocycles. The molecule has 1 heterocycles. The van der Waals surface area contributed by atoms with Crippen molar-refractivity contribution in [2.45, 2.75) is 17.2 Å². The summed E-state index contributed by atoms with van der Waals surface area (Å²) >= 11 is 12.8. The largest absolute Gasteiger partial charge is 0.497 e. The normalized spacial score (nSPS) is 28.7. The summed E-state index contributed by atoms with van der Waals surface area (Å²) in [4.78, 5) is 52.3. The van der Waals surface area contributed by atoms with Crippen molar-refractivity contribution in [2.75, 3.05) is 23.9 Å². The fourth-order valence-corrected chi connectivity index (χ4v) is 6.38. The van der Waals surface area contributed by atoms with Gasteiger partial charge in [-0.1, -0.05) is 12.1 Å². The van der Waals surface area contributed by atoms with Gasteiger partial charge in [-0.25, -0.2) is 4.79 Å². The van der Waals surface area contributed by atoms with Crippen molar-refractivity contribution in [3.63, 3.8) is 0 Å². The second kappa shape index (κ2) is 9.17. The van der Waals surface area contributed by atoms with Crippen molar-refractivity contribution in [1.82, 2.24) is 0 Å². The summed E-state index contributed by atoms with van der Waals surface area (Å²) in [7, 11) is 1.51. The number of esters is 1.